The maximum atomic E-state index is 11.2. The van der Waals surface area contributed by atoms with Crippen molar-refractivity contribution in [3.8, 4) is 0 Å². The summed E-state index contributed by atoms with van der Waals surface area (Å²) in [6.07, 6.45) is 0.755. The summed E-state index contributed by atoms with van der Waals surface area (Å²) in [7, 11) is 0. The van der Waals surface area contributed by atoms with Gasteiger partial charge in [0.15, 0.2) is 5.11 Å². The number of nitrogens with two attached hydrogens (primary N) is 1. The first-order valence-electron chi connectivity index (χ1n) is 3.63. The van der Waals surface area contributed by atoms with Gasteiger partial charge in [-0.25, -0.2) is 0 Å². The second-order valence-electron chi connectivity index (χ2n) is 2.54. The third-order valence-corrected chi connectivity index (χ3v) is 1.71. The van der Waals surface area contributed by atoms with Crippen molar-refractivity contribution in [2.24, 2.45) is 11.7 Å². The van der Waals surface area contributed by atoms with Gasteiger partial charge in [-0.3, -0.25) is 15.6 Å². The highest BCUT2D eigenvalue weighted by molar-refractivity contribution is 7.80. The van der Waals surface area contributed by atoms with Gasteiger partial charge in [-0.2, -0.15) is 0 Å². The molecule has 0 aliphatic carbocycles. The lowest BCUT2D eigenvalue weighted by molar-refractivity contribution is -0.125. The summed E-state index contributed by atoms with van der Waals surface area (Å²) in [4.78, 5) is 11.2. The van der Waals surface area contributed by atoms with Gasteiger partial charge >= 0.3 is 0 Å². The number of thiocarbonyl (C=S) groups is 1. The average Bonchev–Trinajstić information content (AvgIpc) is 2.51. The number of rotatable bonds is 1. The molecule has 0 saturated carbocycles. The lowest BCUT2D eigenvalue weighted by atomic mass is 10.1. The van der Waals surface area contributed by atoms with E-state index in [4.69, 9.17) is 10.5 Å². The van der Waals surface area contributed by atoms with Crippen LogP contribution in [0.15, 0.2) is 0 Å². The van der Waals surface area contributed by atoms with E-state index in [1.54, 1.807) is 0 Å². The maximum Gasteiger partial charge on any atom is 0.243 e. The van der Waals surface area contributed by atoms with Crippen LogP contribution in [0.4, 0.5) is 0 Å². The first-order chi connectivity index (χ1) is 5.70. The van der Waals surface area contributed by atoms with E-state index in [-0.39, 0.29) is 16.9 Å². The molecule has 0 aromatic carbocycles. The number of hydrogen-bond acceptors (Lipinski definition) is 3. The highest BCUT2D eigenvalue weighted by Gasteiger charge is 2.23. The summed E-state index contributed by atoms with van der Waals surface area (Å²) < 4.78 is 5.03. The van der Waals surface area contributed by atoms with Crippen molar-refractivity contribution in [3.63, 3.8) is 0 Å². The second kappa shape index (κ2) is 4.22. The van der Waals surface area contributed by atoms with E-state index >= 15 is 0 Å². The molecular formula is C6H11N3O2S. The van der Waals surface area contributed by atoms with Crippen molar-refractivity contribution in [1.82, 2.24) is 10.9 Å². The number of hydrogen-bond donors (Lipinski definition) is 3. The number of amides is 1. The van der Waals surface area contributed by atoms with Crippen molar-refractivity contribution in [1.29, 1.82) is 0 Å². The summed E-state index contributed by atoms with van der Waals surface area (Å²) in [6.45, 7) is 1.12. The first-order valence-corrected chi connectivity index (χ1v) is 4.04. The normalized spacial score (nSPS) is 21.8. The molecule has 1 unspecified atom stereocenters. The number of hydrazine groups is 1. The molecule has 68 valence electrons. The molecule has 1 fully saturated rings. The van der Waals surface area contributed by atoms with Gasteiger partial charge in [0.2, 0.25) is 5.91 Å². The van der Waals surface area contributed by atoms with Crippen LogP contribution >= 0.6 is 12.2 Å². The smallest absolute Gasteiger partial charge is 0.243 e. The molecule has 6 heteroatoms. The summed E-state index contributed by atoms with van der Waals surface area (Å²) >= 11 is 4.51. The van der Waals surface area contributed by atoms with Gasteiger partial charge in [-0.15, -0.1) is 0 Å². The molecule has 1 heterocycles. The molecule has 1 saturated heterocycles. The Kier molecular flexibility index (Phi) is 3.24. The molecule has 1 rings (SSSR count). The molecule has 1 aliphatic heterocycles. The van der Waals surface area contributed by atoms with Crippen LogP contribution in [-0.4, -0.2) is 24.2 Å². The first kappa shape index (κ1) is 9.21. The molecule has 0 bridgehead atoms. The van der Waals surface area contributed by atoms with Gasteiger partial charge in [0.05, 0.1) is 12.5 Å². The van der Waals surface area contributed by atoms with Crippen LogP contribution in [0.3, 0.4) is 0 Å². The van der Waals surface area contributed by atoms with Crippen LogP contribution < -0.4 is 16.6 Å². The van der Waals surface area contributed by atoms with Crippen LogP contribution in [-0.2, 0) is 9.53 Å². The predicted molar refractivity (Wildman–Crippen MR) is 47.0 cm³/mol. The Balaban J connectivity index is 2.23. The van der Waals surface area contributed by atoms with Crippen LogP contribution in [0.2, 0.25) is 0 Å². The van der Waals surface area contributed by atoms with Crippen molar-refractivity contribution in [2.75, 3.05) is 13.2 Å². The molecule has 0 radical (unpaired) electrons. The van der Waals surface area contributed by atoms with E-state index in [0.717, 1.165) is 6.42 Å². The molecule has 0 spiro atoms. The summed E-state index contributed by atoms with van der Waals surface area (Å²) in [5.41, 5.74) is 9.88. The SMILES string of the molecule is NC(=S)NNC(=O)C1CCOC1. The highest BCUT2D eigenvalue weighted by Crippen LogP contribution is 2.11. The van der Waals surface area contributed by atoms with Crippen LogP contribution in [0.1, 0.15) is 6.42 Å². The third-order valence-electron chi connectivity index (χ3n) is 1.61. The molecule has 4 N–H and O–H groups in total. The zero-order valence-electron chi connectivity index (χ0n) is 6.50. The zero-order chi connectivity index (χ0) is 8.97. The Morgan fingerprint density at radius 3 is 2.83 bits per heavy atom. The quantitative estimate of drug-likeness (QED) is 0.360. The second-order valence-corrected chi connectivity index (χ2v) is 2.98. The molecule has 0 aromatic rings. The number of carbonyl (C=O) groups is 1. The van der Waals surface area contributed by atoms with Crippen LogP contribution in [0.25, 0.3) is 0 Å². The highest BCUT2D eigenvalue weighted by atomic mass is 32.1. The fourth-order valence-corrected chi connectivity index (χ4v) is 1.02. The lowest BCUT2D eigenvalue weighted by Crippen LogP contribution is -2.46. The average molecular weight is 189 g/mol. The van der Waals surface area contributed by atoms with E-state index in [1.807, 2.05) is 0 Å². The molecule has 5 nitrogen and oxygen atoms in total. The molecule has 1 aliphatic rings. The van der Waals surface area contributed by atoms with Crippen molar-refractivity contribution in [3.05, 3.63) is 0 Å². The van der Waals surface area contributed by atoms with E-state index in [1.165, 1.54) is 0 Å². The maximum absolute atomic E-state index is 11.2. The van der Waals surface area contributed by atoms with Crippen molar-refractivity contribution < 1.29 is 9.53 Å². The standard InChI is InChI=1S/C6H11N3O2S/c7-6(12)9-8-5(10)4-1-2-11-3-4/h4H,1-3H2,(H,8,10)(H3,7,9,12). The van der Waals surface area contributed by atoms with Gasteiger partial charge in [0.25, 0.3) is 0 Å². The molecule has 1 atom stereocenters. The Bertz CT molecular complexity index is 191. The van der Waals surface area contributed by atoms with Gasteiger partial charge in [0, 0.05) is 6.61 Å². The zero-order valence-corrected chi connectivity index (χ0v) is 7.32. The third kappa shape index (κ3) is 2.63. The summed E-state index contributed by atoms with van der Waals surface area (Å²) in [6, 6.07) is 0. The van der Waals surface area contributed by atoms with E-state index in [0.29, 0.717) is 13.2 Å². The van der Waals surface area contributed by atoms with E-state index in [9.17, 15) is 4.79 Å². The Labute approximate surface area is 75.6 Å². The van der Waals surface area contributed by atoms with Crippen molar-refractivity contribution >= 4 is 23.2 Å². The topological polar surface area (TPSA) is 76.4 Å². The lowest BCUT2D eigenvalue weighted by Gasteiger charge is -2.09. The predicted octanol–water partition coefficient (Wildman–Crippen LogP) is -1.11. The molecule has 0 aromatic heterocycles. The molecule has 12 heavy (non-hydrogen) atoms. The fourth-order valence-electron chi connectivity index (χ4n) is 0.967. The molecule has 1 amide bonds. The minimum Gasteiger partial charge on any atom is -0.381 e. The van der Waals surface area contributed by atoms with E-state index in [2.05, 4.69) is 23.1 Å². The summed E-state index contributed by atoms with van der Waals surface area (Å²) in [5.74, 6) is -0.202. The van der Waals surface area contributed by atoms with Gasteiger partial charge in [0.1, 0.15) is 0 Å². The van der Waals surface area contributed by atoms with Crippen LogP contribution in [0, 0.1) is 5.92 Å². The van der Waals surface area contributed by atoms with Gasteiger partial charge in [-0.1, -0.05) is 0 Å². The monoisotopic (exact) mass is 189 g/mol. The number of ether oxygens (including phenoxy) is 1. The van der Waals surface area contributed by atoms with Gasteiger partial charge < -0.3 is 10.5 Å². The Hall–Kier alpha value is -0.880. The van der Waals surface area contributed by atoms with Crippen LogP contribution in [0.5, 0.6) is 0 Å². The fraction of sp³-hybridized carbons (Fsp3) is 0.667. The van der Waals surface area contributed by atoms with Crippen molar-refractivity contribution in [2.45, 2.75) is 6.42 Å². The van der Waals surface area contributed by atoms with E-state index < -0.39 is 0 Å². The summed E-state index contributed by atoms with van der Waals surface area (Å²) in [5, 5.41) is 0.0577. The number of carbonyl (C=O) groups excluding carboxylic acids is 1. The minimum absolute atomic E-state index is 0.0577. The number of nitrogens with one attached hydrogen (secondary N) is 2. The largest absolute Gasteiger partial charge is 0.381 e. The Morgan fingerprint density at radius 1 is 1.58 bits per heavy atom. The van der Waals surface area contributed by atoms with Gasteiger partial charge in [-0.05, 0) is 18.6 Å². The Morgan fingerprint density at radius 2 is 2.33 bits per heavy atom. The molecular weight excluding hydrogens is 178 g/mol. The minimum atomic E-state index is -0.125.